The molecule has 1 heterocycles. The van der Waals surface area contributed by atoms with Crippen LogP contribution < -0.4 is 4.74 Å². The molecule has 0 unspecified atom stereocenters. The van der Waals surface area contributed by atoms with Crippen molar-refractivity contribution in [3.63, 3.8) is 0 Å². The maximum atomic E-state index is 9.07. The maximum Gasteiger partial charge on any atom is 0.135 e. The lowest BCUT2D eigenvalue weighted by molar-refractivity contribution is 0.487. The Hall–Kier alpha value is -5.40. The van der Waals surface area contributed by atoms with Crippen molar-refractivity contribution in [3.8, 4) is 44.9 Å². The fraction of sp³-hybridized carbons (Fsp3) is 0. The summed E-state index contributed by atoms with van der Waals surface area (Å²) in [6, 6.07) is 26.8. The predicted octanol–water partition coefficient (Wildman–Crippen LogP) is 11.4. The van der Waals surface area contributed by atoms with Gasteiger partial charge in [-0.2, -0.15) is 0 Å². The van der Waals surface area contributed by atoms with Gasteiger partial charge < -0.3 is 4.74 Å². The smallest absolute Gasteiger partial charge is 0.135 e. The fourth-order valence-electron chi connectivity index (χ4n) is 6.12. The van der Waals surface area contributed by atoms with Gasteiger partial charge in [0.15, 0.2) is 0 Å². The first-order valence-electron chi connectivity index (χ1n) is 17.9. The number of fused-ring (bicyclic) bond motifs is 8. The Morgan fingerprint density at radius 1 is 0.390 bits per heavy atom. The molecule has 1 heteroatoms. The molecule has 8 aromatic carbocycles. The van der Waals surface area contributed by atoms with Gasteiger partial charge in [-0.05, 0) is 83.7 Å². The van der Waals surface area contributed by atoms with Crippen LogP contribution in [0, 0.1) is 0 Å². The van der Waals surface area contributed by atoms with Gasteiger partial charge in [0.05, 0.1) is 12.3 Å². The summed E-state index contributed by atoms with van der Waals surface area (Å²) in [6.45, 7) is 0. The van der Waals surface area contributed by atoms with Crippen LogP contribution in [-0.4, -0.2) is 0 Å². The Bertz CT molecular complexity index is 2790. The highest BCUT2D eigenvalue weighted by Gasteiger charge is 2.21. The average Bonchev–Trinajstić information content (AvgIpc) is 3.15. The van der Waals surface area contributed by atoms with Gasteiger partial charge in [0.2, 0.25) is 0 Å². The van der Waals surface area contributed by atoms with Gasteiger partial charge in [0, 0.05) is 10.9 Å². The summed E-state index contributed by atoms with van der Waals surface area (Å²) in [5.41, 5.74) is 2.54. The average molecular weight is 530 g/mol. The number of hydrogen-bond donors (Lipinski definition) is 0. The summed E-state index contributed by atoms with van der Waals surface area (Å²) in [7, 11) is 0. The molecule has 0 saturated carbocycles. The topological polar surface area (TPSA) is 9.23 Å². The summed E-state index contributed by atoms with van der Waals surface area (Å²) in [4.78, 5) is 0. The van der Waals surface area contributed by atoms with E-state index in [4.69, 9.17) is 17.1 Å². The second kappa shape index (κ2) is 8.55. The van der Waals surface area contributed by atoms with Crippen molar-refractivity contribution in [2.24, 2.45) is 0 Å². The fourth-order valence-corrected chi connectivity index (χ4v) is 6.12. The third kappa shape index (κ3) is 3.30. The van der Waals surface area contributed by atoms with Crippen molar-refractivity contribution >= 4 is 43.1 Å². The van der Waals surface area contributed by atoms with E-state index in [1.807, 2.05) is 42.5 Å². The zero-order valence-corrected chi connectivity index (χ0v) is 21.6. The van der Waals surface area contributed by atoms with Gasteiger partial charge in [-0.1, -0.05) is 127 Å². The van der Waals surface area contributed by atoms with Crippen LogP contribution in [0.4, 0.5) is 0 Å². The highest BCUT2D eigenvalue weighted by atomic mass is 16.5. The molecule has 1 aliphatic heterocycles. The SMILES string of the molecule is [2H]c1c([2H])c([2H])c2c(c1[2H])Oc1c([2H])c([2H])c(-c3ccc(-c4ccc5c6ccccc6c6ccccc6c5c4)cc3)c3c([2H])c([2H])c([2H])c-2c13. The largest absolute Gasteiger partial charge is 0.456 e. The second-order valence-electron chi connectivity index (χ2n) is 10.2. The van der Waals surface area contributed by atoms with E-state index < -0.39 is 36.3 Å². The molecule has 0 radical (unpaired) electrons. The van der Waals surface area contributed by atoms with E-state index in [0.717, 1.165) is 27.3 Å². The molecule has 0 atom stereocenters. The van der Waals surface area contributed by atoms with E-state index in [1.165, 1.54) is 16.2 Å². The van der Waals surface area contributed by atoms with Crippen LogP contribution >= 0.6 is 0 Å². The zero-order valence-electron chi connectivity index (χ0n) is 30.6. The van der Waals surface area contributed by atoms with Crippen molar-refractivity contribution in [1.82, 2.24) is 0 Å². The molecule has 0 N–H and O–H groups in total. The molecule has 9 rings (SSSR count). The van der Waals surface area contributed by atoms with Crippen LogP contribution in [0.5, 0.6) is 11.5 Å². The van der Waals surface area contributed by atoms with Crippen LogP contribution in [0.2, 0.25) is 0 Å². The Labute approximate surface area is 250 Å². The van der Waals surface area contributed by atoms with Crippen LogP contribution in [0.3, 0.4) is 0 Å². The maximum absolute atomic E-state index is 9.07. The molecule has 0 saturated heterocycles. The highest BCUT2D eigenvalue weighted by molar-refractivity contribution is 6.25. The van der Waals surface area contributed by atoms with Crippen LogP contribution in [0.15, 0.2) is 145 Å². The molecule has 41 heavy (non-hydrogen) atoms. The van der Waals surface area contributed by atoms with E-state index in [1.54, 1.807) is 0 Å². The second-order valence-corrected chi connectivity index (χ2v) is 10.2. The Morgan fingerprint density at radius 3 is 1.76 bits per heavy atom. The molecule has 190 valence electrons. The zero-order chi connectivity index (χ0) is 34.7. The van der Waals surface area contributed by atoms with Crippen LogP contribution in [-0.2, 0) is 0 Å². The Balaban J connectivity index is 1.26. The quantitative estimate of drug-likeness (QED) is 0.202. The predicted molar refractivity (Wildman–Crippen MR) is 173 cm³/mol. The van der Waals surface area contributed by atoms with E-state index in [-0.39, 0.29) is 57.1 Å². The molecular weight excluding hydrogens is 496 g/mol. The molecule has 0 spiro atoms. The van der Waals surface area contributed by atoms with Crippen LogP contribution in [0.25, 0.3) is 76.5 Å². The molecule has 0 amide bonds. The van der Waals surface area contributed by atoms with E-state index >= 15 is 0 Å². The van der Waals surface area contributed by atoms with Gasteiger partial charge in [-0.15, -0.1) is 0 Å². The number of benzene rings is 8. The normalized spacial score (nSPS) is 15.2. The van der Waals surface area contributed by atoms with E-state index in [2.05, 4.69) is 48.5 Å². The van der Waals surface area contributed by atoms with Crippen molar-refractivity contribution in [3.05, 3.63) is 145 Å². The lowest BCUT2D eigenvalue weighted by atomic mass is 9.89. The molecule has 0 fully saturated rings. The summed E-state index contributed by atoms with van der Waals surface area (Å²) in [5, 5.41) is 7.22. The minimum atomic E-state index is -0.537. The first kappa shape index (κ1) is 15.4. The lowest BCUT2D eigenvalue weighted by Crippen LogP contribution is -1.97. The van der Waals surface area contributed by atoms with Gasteiger partial charge in [0.1, 0.15) is 11.5 Å². The molecule has 0 bridgehead atoms. The van der Waals surface area contributed by atoms with Crippen molar-refractivity contribution < 1.29 is 17.1 Å². The third-order valence-electron chi connectivity index (χ3n) is 8.01. The first-order valence-corrected chi connectivity index (χ1v) is 13.4. The molecular formula is C40H24O. The summed E-state index contributed by atoms with van der Waals surface area (Å²) in [6.07, 6.45) is 0. The minimum Gasteiger partial charge on any atom is -0.456 e. The standard InChI is InChI=1S/C40H24O/c1-2-10-31-29(8-1)30-9-3-4-11-32(30)37-24-27(20-21-33(31)37)25-16-18-26(19-17-25)28-22-23-39-40-35(28)13-7-14-36(40)34-12-5-6-15-38(34)41-39/h1-24H/i5D,6D,7D,12D,13D,14D,15D,22D,23D. The molecule has 1 nitrogen and oxygen atoms in total. The van der Waals surface area contributed by atoms with Gasteiger partial charge in [-0.25, -0.2) is 0 Å². The van der Waals surface area contributed by atoms with E-state index in [0.29, 0.717) is 5.56 Å². The number of para-hydroxylation sites is 1. The molecule has 8 aromatic rings. The molecule has 0 aliphatic carbocycles. The summed E-state index contributed by atoms with van der Waals surface area (Å²) < 4.78 is 84.0. The number of hydrogen-bond acceptors (Lipinski definition) is 1. The van der Waals surface area contributed by atoms with Crippen molar-refractivity contribution in [2.45, 2.75) is 0 Å². The number of ether oxygens (including phenoxy) is 1. The third-order valence-corrected chi connectivity index (χ3v) is 8.01. The Kier molecular flexibility index (Phi) is 3.21. The summed E-state index contributed by atoms with van der Waals surface area (Å²) >= 11 is 0. The Morgan fingerprint density at radius 2 is 1.00 bits per heavy atom. The molecule has 0 aromatic heterocycles. The van der Waals surface area contributed by atoms with Gasteiger partial charge >= 0.3 is 0 Å². The lowest BCUT2D eigenvalue weighted by Gasteiger charge is -2.22. The summed E-state index contributed by atoms with van der Waals surface area (Å²) in [5.74, 6) is -0.438. The first-order chi connectivity index (χ1) is 24.1. The van der Waals surface area contributed by atoms with Crippen molar-refractivity contribution in [2.75, 3.05) is 0 Å². The van der Waals surface area contributed by atoms with Crippen LogP contribution in [0.1, 0.15) is 12.3 Å². The monoisotopic (exact) mass is 529 g/mol. The molecule has 1 aliphatic rings. The van der Waals surface area contributed by atoms with Gasteiger partial charge in [0.25, 0.3) is 0 Å². The number of rotatable bonds is 2. The van der Waals surface area contributed by atoms with E-state index in [9.17, 15) is 0 Å². The highest BCUT2D eigenvalue weighted by Crippen LogP contribution is 2.48. The van der Waals surface area contributed by atoms with Gasteiger partial charge in [-0.3, -0.25) is 0 Å². The minimum absolute atomic E-state index is 0.00784. The van der Waals surface area contributed by atoms with Crippen molar-refractivity contribution in [1.29, 1.82) is 0 Å².